The predicted molar refractivity (Wildman–Crippen MR) is 112 cm³/mol. The van der Waals surface area contributed by atoms with Gasteiger partial charge in [-0.2, -0.15) is 0 Å². The zero-order chi connectivity index (χ0) is 16.3. The lowest BCUT2D eigenvalue weighted by Gasteiger charge is -2.25. The molecule has 0 saturated carbocycles. The fraction of sp³-hybridized carbons (Fsp3) is 0.833. The Morgan fingerprint density at radius 2 is 2.21 bits per heavy atom. The Hall–Kier alpha value is -0.340. The first-order valence-corrected chi connectivity index (χ1v) is 9.19. The number of ether oxygens (including phenoxy) is 1. The molecule has 2 N–H and O–H groups in total. The minimum absolute atomic E-state index is 0. The van der Waals surface area contributed by atoms with E-state index in [0.29, 0.717) is 6.04 Å². The monoisotopic (exact) mass is 450 g/mol. The number of likely N-dealkylation sites (tertiary alicyclic amines) is 1. The van der Waals surface area contributed by atoms with E-state index in [4.69, 9.17) is 4.74 Å². The van der Waals surface area contributed by atoms with E-state index in [0.717, 1.165) is 38.6 Å². The Morgan fingerprint density at radius 1 is 1.33 bits per heavy atom. The number of nitrogens with one attached hydrogen (secondary N) is 2. The highest BCUT2D eigenvalue weighted by Crippen LogP contribution is 2.19. The van der Waals surface area contributed by atoms with Crippen LogP contribution >= 0.6 is 24.0 Å². The summed E-state index contributed by atoms with van der Waals surface area (Å²) in [6.45, 7) is 4.98. The van der Waals surface area contributed by atoms with E-state index in [9.17, 15) is 0 Å². The van der Waals surface area contributed by atoms with Crippen LogP contribution in [0.5, 0.6) is 0 Å². The second kappa shape index (κ2) is 12.9. The van der Waals surface area contributed by atoms with Gasteiger partial charge in [0.05, 0.1) is 6.61 Å². The van der Waals surface area contributed by atoms with E-state index in [1.807, 2.05) is 7.05 Å². The Balaban J connectivity index is 0.00000288. The Morgan fingerprint density at radius 3 is 2.92 bits per heavy atom. The van der Waals surface area contributed by atoms with Crippen LogP contribution in [0.25, 0.3) is 0 Å². The zero-order valence-corrected chi connectivity index (χ0v) is 17.7. The summed E-state index contributed by atoms with van der Waals surface area (Å²) in [4.78, 5) is 6.88. The molecule has 1 unspecified atom stereocenters. The van der Waals surface area contributed by atoms with Crippen molar-refractivity contribution in [3.8, 4) is 0 Å². The third kappa shape index (κ3) is 7.70. The highest BCUT2D eigenvalue weighted by Gasteiger charge is 2.23. The van der Waals surface area contributed by atoms with Gasteiger partial charge in [-0.15, -0.1) is 24.0 Å². The van der Waals surface area contributed by atoms with E-state index in [1.54, 1.807) is 12.7 Å². The van der Waals surface area contributed by atoms with Crippen LogP contribution in [0.15, 0.2) is 16.6 Å². The second-order valence-corrected chi connectivity index (χ2v) is 6.56. The summed E-state index contributed by atoms with van der Waals surface area (Å²) in [5, 5.41) is 6.95. The average Bonchev–Trinajstić information content (AvgIpc) is 3.04. The van der Waals surface area contributed by atoms with Gasteiger partial charge in [-0.25, -0.2) is 0 Å². The number of halogens is 1. The van der Waals surface area contributed by atoms with E-state index in [1.165, 1.54) is 45.1 Å². The quantitative estimate of drug-likeness (QED) is 0.259. The van der Waals surface area contributed by atoms with Crippen molar-refractivity contribution in [3.05, 3.63) is 11.6 Å². The molecule has 0 aromatic rings. The fourth-order valence-electron chi connectivity index (χ4n) is 3.54. The number of aliphatic imine (C=N–C) groups is 1. The third-order valence-electron chi connectivity index (χ3n) is 4.93. The van der Waals surface area contributed by atoms with Crippen molar-refractivity contribution in [2.45, 2.75) is 51.0 Å². The Kier molecular flexibility index (Phi) is 11.7. The molecule has 140 valence electrons. The van der Waals surface area contributed by atoms with Crippen molar-refractivity contribution in [1.29, 1.82) is 0 Å². The van der Waals surface area contributed by atoms with Gasteiger partial charge in [-0.3, -0.25) is 9.89 Å². The molecule has 2 aliphatic rings. The van der Waals surface area contributed by atoms with Gasteiger partial charge in [-0.1, -0.05) is 11.6 Å². The standard InChI is InChI=1S/C18H34N4O.HI/c1-19-18(20-11-10-16-7-4-3-5-8-16)21-15-17-9-6-12-22(17)13-14-23-2;/h7,17H,3-6,8-15H2,1-2H3,(H2,19,20,21);1H. The van der Waals surface area contributed by atoms with Crippen LogP contribution in [0.2, 0.25) is 0 Å². The lowest BCUT2D eigenvalue weighted by Crippen LogP contribution is -2.45. The minimum Gasteiger partial charge on any atom is -0.383 e. The lowest BCUT2D eigenvalue weighted by atomic mass is 9.97. The molecule has 0 radical (unpaired) electrons. The molecule has 2 rings (SSSR count). The molecule has 1 fully saturated rings. The maximum absolute atomic E-state index is 5.21. The van der Waals surface area contributed by atoms with Crippen LogP contribution in [0.1, 0.15) is 44.9 Å². The van der Waals surface area contributed by atoms with E-state index in [2.05, 4.69) is 26.6 Å². The highest BCUT2D eigenvalue weighted by molar-refractivity contribution is 14.0. The van der Waals surface area contributed by atoms with Gasteiger partial charge in [0.15, 0.2) is 5.96 Å². The molecule has 6 heteroatoms. The molecule has 0 spiro atoms. The number of methoxy groups -OCH3 is 1. The average molecular weight is 450 g/mol. The molecule has 0 aromatic carbocycles. The third-order valence-corrected chi connectivity index (χ3v) is 4.93. The first-order valence-electron chi connectivity index (χ1n) is 9.19. The summed E-state index contributed by atoms with van der Waals surface area (Å²) in [5.41, 5.74) is 1.61. The van der Waals surface area contributed by atoms with Crippen molar-refractivity contribution in [2.75, 3.05) is 46.9 Å². The fourth-order valence-corrected chi connectivity index (χ4v) is 3.54. The highest BCUT2D eigenvalue weighted by atomic mass is 127. The normalized spacial score (nSPS) is 22.0. The van der Waals surface area contributed by atoms with Crippen molar-refractivity contribution in [1.82, 2.24) is 15.5 Å². The van der Waals surface area contributed by atoms with E-state index < -0.39 is 0 Å². The molecule has 1 heterocycles. The van der Waals surface area contributed by atoms with Crippen molar-refractivity contribution < 1.29 is 4.74 Å². The minimum atomic E-state index is 0. The van der Waals surface area contributed by atoms with E-state index >= 15 is 0 Å². The van der Waals surface area contributed by atoms with Gasteiger partial charge in [0.25, 0.3) is 0 Å². The van der Waals surface area contributed by atoms with Gasteiger partial charge in [0.1, 0.15) is 0 Å². The van der Waals surface area contributed by atoms with Gasteiger partial charge >= 0.3 is 0 Å². The molecular weight excluding hydrogens is 415 g/mol. The molecule has 1 aliphatic carbocycles. The summed E-state index contributed by atoms with van der Waals surface area (Å²) in [7, 11) is 3.63. The SMILES string of the molecule is CN=C(NCCC1=CCCCC1)NCC1CCCN1CCOC.I. The van der Waals surface area contributed by atoms with Crippen LogP contribution < -0.4 is 10.6 Å². The predicted octanol–water partition coefficient (Wildman–Crippen LogP) is 2.77. The number of guanidine groups is 1. The summed E-state index contributed by atoms with van der Waals surface area (Å²) in [6.07, 6.45) is 11.4. The molecule has 0 aromatic heterocycles. The smallest absolute Gasteiger partial charge is 0.191 e. The maximum atomic E-state index is 5.21. The van der Waals surface area contributed by atoms with Gasteiger partial charge in [0, 0.05) is 39.8 Å². The number of allylic oxidation sites excluding steroid dienone is 1. The van der Waals surface area contributed by atoms with Crippen molar-refractivity contribution >= 4 is 29.9 Å². The van der Waals surface area contributed by atoms with Crippen molar-refractivity contribution in [2.24, 2.45) is 4.99 Å². The van der Waals surface area contributed by atoms with Gasteiger partial charge in [-0.05, 0) is 51.5 Å². The second-order valence-electron chi connectivity index (χ2n) is 6.56. The number of hydrogen-bond donors (Lipinski definition) is 2. The maximum Gasteiger partial charge on any atom is 0.191 e. The van der Waals surface area contributed by atoms with Crippen LogP contribution in [0.3, 0.4) is 0 Å². The Labute approximate surface area is 164 Å². The summed E-state index contributed by atoms with van der Waals surface area (Å²) in [5.74, 6) is 0.931. The summed E-state index contributed by atoms with van der Waals surface area (Å²) < 4.78 is 5.21. The molecule has 0 amide bonds. The first kappa shape index (κ1) is 21.7. The van der Waals surface area contributed by atoms with Gasteiger partial charge < -0.3 is 15.4 Å². The zero-order valence-electron chi connectivity index (χ0n) is 15.4. The first-order chi connectivity index (χ1) is 11.3. The number of nitrogens with zero attached hydrogens (tertiary/aromatic N) is 2. The molecule has 1 atom stereocenters. The summed E-state index contributed by atoms with van der Waals surface area (Å²) in [6, 6.07) is 0.602. The van der Waals surface area contributed by atoms with Crippen LogP contribution in [0, 0.1) is 0 Å². The topological polar surface area (TPSA) is 48.9 Å². The molecule has 0 bridgehead atoms. The Bertz CT molecular complexity index is 400. The largest absolute Gasteiger partial charge is 0.383 e. The molecule has 5 nitrogen and oxygen atoms in total. The van der Waals surface area contributed by atoms with Gasteiger partial charge in [0.2, 0.25) is 0 Å². The van der Waals surface area contributed by atoms with Crippen LogP contribution in [0.4, 0.5) is 0 Å². The van der Waals surface area contributed by atoms with Crippen LogP contribution in [-0.4, -0.2) is 63.8 Å². The number of hydrogen-bond acceptors (Lipinski definition) is 3. The summed E-state index contributed by atoms with van der Waals surface area (Å²) >= 11 is 0. The number of rotatable bonds is 8. The van der Waals surface area contributed by atoms with Crippen LogP contribution in [-0.2, 0) is 4.74 Å². The molecule has 1 aliphatic heterocycles. The van der Waals surface area contributed by atoms with Crippen molar-refractivity contribution in [3.63, 3.8) is 0 Å². The molecule has 24 heavy (non-hydrogen) atoms. The molecular formula is C18H35IN4O. The molecule has 1 saturated heterocycles. The lowest BCUT2D eigenvalue weighted by molar-refractivity contribution is 0.141. The van der Waals surface area contributed by atoms with E-state index in [-0.39, 0.29) is 24.0 Å².